The van der Waals surface area contributed by atoms with Crippen LogP contribution in [-0.4, -0.2) is 51.9 Å². The second-order valence-electron chi connectivity index (χ2n) is 10.3. The minimum atomic E-state index is -0.888. The Balaban J connectivity index is 2.03. The molecule has 0 bridgehead atoms. The third-order valence-corrected chi connectivity index (χ3v) is 7.88. The summed E-state index contributed by atoms with van der Waals surface area (Å²) in [5, 5.41) is 14.9. The molecule has 206 valence electrons. The lowest BCUT2D eigenvalue weighted by Gasteiger charge is -2.32. The van der Waals surface area contributed by atoms with Gasteiger partial charge < -0.3 is 15.3 Å². The van der Waals surface area contributed by atoms with Crippen LogP contribution in [0.2, 0.25) is 0 Å². The lowest BCUT2D eigenvalue weighted by atomic mass is 9.96. The minimum absolute atomic E-state index is 0.0340. The summed E-state index contributed by atoms with van der Waals surface area (Å²) in [7, 11) is 1.84. The Kier molecular flexibility index (Phi) is 12.5. The number of hydrogen-bond donors (Lipinski definition) is 2. The highest BCUT2D eigenvalue weighted by atomic mass is 32.1. The van der Waals surface area contributed by atoms with Crippen LogP contribution in [-0.2, 0) is 22.4 Å². The molecule has 2 aromatic rings. The number of carbonyl (C=O) groups is 3. The van der Waals surface area contributed by atoms with Crippen LogP contribution >= 0.6 is 11.3 Å². The Morgan fingerprint density at radius 3 is 2.45 bits per heavy atom. The average Bonchev–Trinajstić information content (AvgIpc) is 3.36. The average molecular weight is 540 g/mol. The molecule has 7 nitrogen and oxygen atoms in total. The van der Waals surface area contributed by atoms with Gasteiger partial charge in [0, 0.05) is 43.3 Å². The van der Waals surface area contributed by atoms with Gasteiger partial charge in [0.15, 0.2) is 0 Å². The largest absolute Gasteiger partial charge is 0.481 e. The van der Waals surface area contributed by atoms with Gasteiger partial charge in [-0.25, -0.2) is 4.98 Å². The fraction of sp³-hybridized carbons (Fsp3) is 0.533. The number of hydrogen-bond acceptors (Lipinski definition) is 5. The monoisotopic (exact) mass is 539 g/mol. The van der Waals surface area contributed by atoms with Crippen LogP contribution in [0.4, 0.5) is 0 Å². The van der Waals surface area contributed by atoms with Crippen molar-refractivity contribution in [3.63, 3.8) is 0 Å². The van der Waals surface area contributed by atoms with Crippen LogP contribution < -0.4 is 5.32 Å². The maximum atomic E-state index is 13.0. The molecule has 2 amide bonds. The van der Waals surface area contributed by atoms with Crippen LogP contribution in [0.1, 0.15) is 74.4 Å². The van der Waals surface area contributed by atoms with E-state index >= 15 is 0 Å². The zero-order chi connectivity index (χ0) is 28.2. The lowest BCUT2D eigenvalue weighted by molar-refractivity contribution is -0.141. The first-order chi connectivity index (χ1) is 18.0. The van der Waals surface area contributed by atoms with Crippen LogP contribution in [0.25, 0.3) is 0 Å². The smallest absolute Gasteiger partial charge is 0.306 e. The van der Waals surface area contributed by atoms with E-state index < -0.39 is 11.9 Å². The van der Waals surface area contributed by atoms with Crippen molar-refractivity contribution in [3.8, 4) is 12.3 Å². The number of aryl methyl sites for hydroxylation is 1. The number of thiazole rings is 1. The van der Waals surface area contributed by atoms with Crippen molar-refractivity contribution in [2.24, 2.45) is 17.8 Å². The van der Waals surface area contributed by atoms with Crippen molar-refractivity contribution in [1.29, 1.82) is 0 Å². The molecular weight excluding hydrogens is 498 g/mol. The summed E-state index contributed by atoms with van der Waals surface area (Å²) in [6.45, 7) is 7.83. The van der Waals surface area contributed by atoms with Gasteiger partial charge in [-0.05, 0) is 37.2 Å². The molecule has 0 aliphatic heterocycles. The van der Waals surface area contributed by atoms with Gasteiger partial charge in [-0.3, -0.25) is 14.4 Å². The molecule has 0 saturated heterocycles. The molecule has 1 heterocycles. The first-order valence-corrected chi connectivity index (χ1v) is 14.2. The first kappa shape index (κ1) is 31.0. The van der Waals surface area contributed by atoms with Crippen LogP contribution in [0.15, 0.2) is 35.7 Å². The van der Waals surface area contributed by atoms with Gasteiger partial charge in [-0.1, -0.05) is 58.0 Å². The maximum Gasteiger partial charge on any atom is 0.306 e. The highest BCUT2D eigenvalue weighted by Crippen LogP contribution is 2.21. The molecule has 0 aliphatic carbocycles. The number of rotatable bonds is 15. The zero-order valence-corrected chi connectivity index (χ0v) is 24.0. The molecule has 2 N–H and O–H groups in total. The summed E-state index contributed by atoms with van der Waals surface area (Å²) in [4.78, 5) is 43.6. The summed E-state index contributed by atoms with van der Waals surface area (Å²) in [5.74, 6) is 1.17. The molecule has 0 fully saturated rings. The van der Waals surface area contributed by atoms with Crippen LogP contribution in [0.3, 0.4) is 0 Å². The molecule has 0 aliphatic rings. The van der Waals surface area contributed by atoms with Gasteiger partial charge in [-0.15, -0.1) is 23.7 Å². The SMILES string of the molecule is C#C[C@@H](CC)CC(=O)N(C)[C@H](CCc1nc(C(=O)N[C@@H](Cc2ccccc2)C[C@H](C)C(=O)O)cs1)C(C)C. The Bertz CT molecular complexity index is 1090. The second kappa shape index (κ2) is 15.3. The summed E-state index contributed by atoms with van der Waals surface area (Å²) in [5.41, 5.74) is 1.36. The van der Waals surface area contributed by atoms with E-state index in [-0.39, 0.29) is 35.7 Å². The molecule has 4 atom stereocenters. The summed E-state index contributed by atoms with van der Waals surface area (Å²) < 4.78 is 0. The maximum absolute atomic E-state index is 13.0. The number of carboxylic acids is 1. The van der Waals surface area contributed by atoms with E-state index in [1.165, 1.54) is 11.3 Å². The van der Waals surface area contributed by atoms with Gasteiger partial charge in [0.05, 0.1) is 10.9 Å². The van der Waals surface area contributed by atoms with Gasteiger partial charge in [0.25, 0.3) is 5.91 Å². The standard InChI is InChI=1S/C30H41N3O4S/c1-7-22(8-2)18-28(34)33(6)26(20(3)4)14-15-27-32-25(19-38-27)29(35)31-24(16-21(5)30(36)37)17-23-12-10-9-11-13-23/h1,9-13,19-22,24,26H,8,14-18H2,2-6H3,(H,31,35)(H,36,37)/t21-,22-,24+,26+/m0/s1. The predicted octanol–water partition coefficient (Wildman–Crippen LogP) is 5.06. The fourth-order valence-electron chi connectivity index (χ4n) is 4.52. The molecule has 0 spiro atoms. The number of terminal acetylenes is 1. The van der Waals surface area contributed by atoms with Crippen molar-refractivity contribution in [2.75, 3.05) is 7.05 Å². The number of aromatic nitrogens is 1. The highest BCUT2D eigenvalue weighted by molar-refractivity contribution is 7.09. The highest BCUT2D eigenvalue weighted by Gasteiger charge is 2.25. The molecular formula is C30H41N3O4S. The van der Waals surface area contributed by atoms with E-state index in [0.717, 1.165) is 23.4 Å². The van der Waals surface area contributed by atoms with E-state index in [2.05, 4.69) is 30.1 Å². The number of aliphatic carboxylic acids is 1. The molecule has 8 heteroatoms. The van der Waals surface area contributed by atoms with Crippen LogP contribution in [0, 0.1) is 30.1 Å². The van der Waals surface area contributed by atoms with Crippen molar-refractivity contribution in [3.05, 3.63) is 52.0 Å². The molecule has 2 rings (SSSR count). The fourth-order valence-corrected chi connectivity index (χ4v) is 5.31. The number of carbonyl (C=O) groups excluding carboxylic acids is 2. The van der Waals surface area contributed by atoms with Crippen LogP contribution in [0.5, 0.6) is 0 Å². The topological polar surface area (TPSA) is 99.6 Å². The van der Waals surface area contributed by atoms with Crippen molar-refractivity contribution >= 4 is 29.1 Å². The quantitative estimate of drug-likeness (QED) is 0.308. The molecule has 38 heavy (non-hydrogen) atoms. The summed E-state index contributed by atoms with van der Waals surface area (Å²) >= 11 is 1.42. The van der Waals surface area contributed by atoms with Crippen molar-refractivity contribution in [1.82, 2.24) is 15.2 Å². The van der Waals surface area contributed by atoms with E-state index in [9.17, 15) is 19.5 Å². The van der Waals surface area contributed by atoms with E-state index in [1.807, 2.05) is 49.2 Å². The Labute approximate surface area is 231 Å². The van der Waals surface area contributed by atoms with Gasteiger partial charge in [0.2, 0.25) is 5.91 Å². The van der Waals surface area contributed by atoms with Crippen molar-refractivity contribution in [2.45, 2.75) is 78.3 Å². The Hall–Kier alpha value is -3.18. The van der Waals surface area contributed by atoms with E-state index in [4.69, 9.17) is 6.42 Å². The van der Waals surface area contributed by atoms with Gasteiger partial charge in [-0.2, -0.15) is 0 Å². The molecule has 0 unspecified atom stereocenters. The third-order valence-electron chi connectivity index (χ3n) is 6.97. The predicted molar refractivity (Wildman–Crippen MR) is 152 cm³/mol. The van der Waals surface area contributed by atoms with Gasteiger partial charge >= 0.3 is 5.97 Å². The van der Waals surface area contributed by atoms with E-state index in [0.29, 0.717) is 31.4 Å². The molecule has 0 saturated carbocycles. The summed E-state index contributed by atoms with van der Waals surface area (Å²) in [6, 6.07) is 9.40. The number of amides is 2. The normalized spacial score (nSPS) is 14.2. The van der Waals surface area contributed by atoms with E-state index in [1.54, 1.807) is 12.3 Å². The number of nitrogens with zero attached hydrogens (tertiary/aromatic N) is 2. The minimum Gasteiger partial charge on any atom is -0.481 e. The Morgan fingerprint density at radius 1 is 1.18 bits per heavy atom. The van der Waals surface area contributed by atoms with Gasteiger partial charge in [0.1, 0.15) is 5.69 Å². The number of nitrogens with one attached hydrogen (secondary N) is 1. The van der Waals surface area contributed by atoms with Crippen molar-refractivity contribution < 1.29 is 19.5 Å². The third kappa shape index (κ3) is 9.60. The molecule has 1 aromatic heterocycles. The zero-order valence-electron chi connectivity index (χ0n) is 23.1. The number of benzene rings is 1. The molecule has 0 radical (unpaired) electrons. The molecule has 1 aromatic carbocycles. The summed E-state index contributed by atoms with van der Waals surface area (Å²) in [6.07, 6.45) is 8.90. The first-order valence-electron chi connectivity index (χ1n) is 13.3. The Morgan fingerprint density at radius 2 is 1.87 bits per heavy atom. The number of carboxylic acid groups (broad SMARTS) is 1. The second-order valence-corrected chi connectivity index (χ2v) is 11.2. The lowest BCUT2D eigenvalue weighted by Crippen LogP contribution is -2.41.